The molecule has 9 heteroatoms. The van der Waals surface area contributed by atoms with Crippen LogP contribution in [0.3, 0.4) is 0 Å². The molecule has 2 aromatic carbocycles. The van der Waals surface area contributed by atoms with E-state index in [0.717, 1.165) is 41.6 Å². The highest BCUT2D eigenvalue weighted by Crippen LogP contribution is 2.23. The van der Waals surface area contributed by atoms with Gasteiger partial charge in [0.2, 0.25) is 17.8 Å². The van der Waals surface area contributed by atoms with Crippen molar-refractivity contribution in [2.24, 2.45) is 4.99 Å². The zero-order chi connectivity index (χ0) is 26.2. The number of furan rings is 1. The van der Waals surface area contributed by atoms with Crippen LogP contribution in [0.4, 0.5) is 5.69 Å². The van der Waals surface area contributed by atoms with Gasteiger partial charge in [0.1, 0.15) is 17.4 Å². The molecule has 1 atom stereocenters. The Morgan fingerprint density at radius 3 is 2.76 bits per heavy atom. The molecule has 37 heavy (non-hydrogen) atoms. The van der Waals surface area contributed by atoms with E-state index in [4.69, 9.17) is 4.42 Å². The van der Waals surface area contributed by atoms with E-state index in [1.807, 2.05) is 44.3 Å². The van der Waals surface area contributed by atoms with E-state index in [2.05, 4.69) is 45.2 Å². The summed E-state index contributed by atoms with van der Waals surface area (Å²) in [5, 5.41) is 18.7. The number of carbonyl (C=O) groups is 2. The molecular formula is C28H32N6O3. The van der Waals surface area contributed by atoms with Crippen molar-refractivity contribution < 1.29 is 14.0 Å². The SMILES string of the molecule is Cc1ccc(CCNC(=O)CN2CCCCC(N=C(NC#N)Nc3ccc4oc(C)cc4c3)C2=O)cc1. The number of amides is 2. The summed E-state index contributed by atoms with van der Waals surface area (Å²) in [5.74, 6) is 0.581. The average molecular weight is 501 g/mol. The van der Waals surface area contributed by atoms with Crippen LogP contribution in [0.25, 0.3) is 11.0 Å². The van der Waals surface area contributed by atoms with Crippen LogP contribution in [0.5, 0.6) is 0 Å². The predicted molar refractivity (Wildman–Crippen MR) is 143 cm³/mol. The standard InChI is InChI=1S/C28H32N6O3/c1-19-6-8-21(9-7-19)12-13-30-26(35)17-34-14-4-3-5-24(27(34)36)33-28(31-18-29)32-23-10-11-25-22(16-23)15-20(2)37-25/h6-11,15-16,24H,3-5,12-14,17H2,1-2H3,(H,30,35)(H2,31,32,33). The molecule has 1 aliphatic heterocycles. The van der Waals surface area contributed by atoms with Gasteiger partial charge in [-0.3, -0.25) is 14.9 Å². The summed E-state index contributed by atoms with van der Waals surface area (Å²) >= 11 is 0. The predicted octanol–water partition coefficient (Wildman–Crippen LogP) is 3.63. The first-order valence-electron chi connectivity index (χ1n) is 12.5. The molecule has 0 aliphatic carbocycles. The van der Waals surface area contributed by atoms with Gasteiger partial charge in [-0.05, 0) is 69.4 Å². The monoisotopic (exact) mass is 500 g/mol. The fourth-order valence-electron chi connectivity index (χ4n) is 4.39. The summed E-state index contributed by atoms with van der Waals surface area (Å²) in [6.07, 6.45) is 4.74. The van der Waals surface area contributed by atoms with Gasteiger partial charge in [0, 0.05) is 24.2 Å². The highest BCUT2D eigenvalue weighted by atomic mass is 16.3. The van der Waals surface area contributed by atoms with Gasteiger partial charge in [0.05, 0.1) is 6.54 Å². The van der Waals surface area contributed by atoms with E-state index >= 15 is 0 Å². The topological polar surface area (TPSA) is 123 Å². The third-order valence-electron chi connectivity index (χ3n) is 6.30. The molecule has 0 spiro atoms. The molecule has 1 fully saturated rings. The highest BCUT2D eigenvalue weighted by Gasteiger charge is 2.28. The summed E-state index contributed by atoms with van der Waals surface area (Å²) in [6.45, 7) is 4.92. The summed E-state index contributed by atoms with van der Waals surface area (Å²) in [5.41, 5.74) is 3.82. The molecular weight excluding hydrogens is 468 g/mol. The Morgan fingerprint density at radius 2 is 1.97 bits per heavy atom. The number of nitrogens with zero attached hydrogens (tertiary/aromatic N) is 3. The molecule has 0 radical (unpaired) electrons. The van der Waals surface area contributed by atoms with Gasteiger partial charge in [-0.25, -0.2) is 4.99 Å². The van der Waals surface area contributed by atoms with Gasteiger partial charge in [0.15, 0.2) is 6.19 Å². The summed E-state index contributed by atoms with van der Waals surface area (Å²) in [4.78, 5) is 31.9. The molecule has 0 bridgehead atoms. The van der Waals surface area contributed by atoms with Crippen LogP contribution in [0.1, 0.15) is 36.1 Å². The number of hydrogen-bond acceptors (Lipinski definition) is 5. The van der Waals surface area contributed by atoms with Gasteiger partial charge in [-0.15, -0.1) is 0 Å². The van der Waals surface area contributed by atoms with Crippen LogP contribution in [0.2, 0.25) is 0 Å². The van der Waals surface area contributed by atoms with Gasteiger partial charge < -0.3 is 20.0 Å². The van der Waals surface area contributed by atoms with Crippen LogP contribution in [0.15, 0.2) is 57.9 Å². The number of nitrogens with one attached hydrogen (secondary N) is 3. The number of aliphatic imine (C=N–C) groups is 1. The van der Waals surface area contributed by atoms with Crippen molar-refractivity contribution in [1.82, 2.24) is 15.5 Å². The van der Waals surface area contributed by atoms with Crippen LogP contribution >= 0.6 is 0 Å². The first kappa shape index (κ1) is 25.8. The minimum Gasteiger partial charge on any atom is -0.461 e. The molecule has 4 rings (SSSR count). The van der Waals surface area contributed by atoms with Gasteiger partial charge >= 0.3 is 0 Å². The lowest BCUT2D eigenvalue weighted by Crippen LogP contribution is -2.44. The lowest BCUT2D eigenvalue weighted by atomic mass is 10.1. The number of rotatable bonds is 7. The lowest BCUT2D eigenvalue weighted by molar-refractivity contribution is -0.136. The highest BCUT2D eigenvalue weighted by molar-refractivity contribution is 5.98. The second-order valence-corrected chi connectivity index (χ2v) is 9.31. The van der Waals surface area contributed by atoms with Crippen LogP contribution in [-0.4, -0.2) is 48.3 Å². The van der Waals surface area contributed by atoms with Crippen molar-refractivity contribution in [3.63, 3.8) is 0 Å². The van der Waals surface area contributed by atoms with E-state index in [0.29, 0.717) is 25.2 Å². The summed E-state index contributed by atoms with van der Waals surface area (Å²) < 4.78 is 5.61. The number of hydrogen-bond donors (Lipinski definition) is 3. The largest absolute Gasteiger partial charge is 0.461 e. The number of anilines is 1. The maximum absolute atomic E-state index is 13.3. The van der Waals surface area contributed by atoms with Crippen molar-refractivity contribution >= 4 is 34.4 Å². The smallest absolute Gasteiger partial charge is 0.247 e. The first-order chi connectivity index (χ1) is 17.9. The number of aryl methyl sites for hydroxylation is 2. The Morgan fingerprint density at radius 1 is 1.16 bits per heavy atom. The van der Waals surface area contributed by atoms with Crippen LogP contribution in [0, 0.1) is 25.3 Å². The molecule has 1 saturated heterocycles. The van der Waals surface area contributed by atoms with Crippen molar-refractivity contribution in [1.29, 1.82) is 5.26 Å². The molecule has 3 aromatic rings. The number of guanidine groups is 1. The number of nitriles is 1. The zero-order valence-corrected chi connectivity index (χ0v) is 21.2. The summed E-state index contributed by atoms with van der Waals surface area (Å²) in [7, 11) is 0. The molecule has 9 nitrogen and oxygen atoms in total. The van der Waals surface area contributed by atoms with Gasteiger partial charge in [0.25, 0.3) is 0 Å². The van der Waals surface area contributed by atoms with Gasteiger partial charge in [-0.2, -0.15) is 5.26 Å². The molecule has 2 amide bonds. The minimum atomic E-state index is -0.689. The number of benzene rings is 2. The quantitative estimate of drug-likeness (QED) is 0.197. The second kappa shape index (κ2) is 12.1. The molecule has 2 heterocycles. The third kappa shape index (κ3) is 7.10. The number of fused-ring (bicyclic) bond motifs is 1. The van der Waals surface area contributed by atoms with E-state index < -0.39 is 6.04 Å². The number of likely N-dealkylation sites (tertiary alicyclic amines) is 1. The Hall–Kier alpha value is -4.32. The van der Waals surface area contributed by atoms with E-state index in [1.165, 1.54) is 5.56 Å². The van der Waals surface area contributed by atoms with Gasteiger partial charge in [-0.1, -0.05) is 29.8 Å². The fourth-order valence-corrected chi connectivity index (χ4v) is 4.39. The molecule has 3 N–H and O–H groups in total. The van der Waals surface area contributed by atoms with Crippen molar-refractivity contribution in [2.75, 3.05) is 25.0 Å². The van der Waals surface area contributed by atoms with Crippen molar-refractivity contribution in [3.05, 3.63) is 65.4 Å². The Kier molecular flexibility index (Phi) is 8.41. The Balaban J connectivity index is 1.38. The fraction of sp³-hybridized carbons (Fsp3) is 0.357. The molecule has 0 saturated carbocycles. The van der Waals surface area contributed by atoms with E-state index in [-0.39, 0.29) is 24.3 Å². The first-order valence-corrected chi connectivity index (χ1v) is 12.5. The molecule has 1 unspecified atom stereocenters. The third-order valence-corrected chi connectivity index (χ3v) is 6.30. The Labute approximate surface area is 216 Å². The molecule has 192 valence electrons. The second-order valence-electron chi connectivity index (χ2n) is 9.31. The van der Waals surface area contributed by atoms with Crippen molar-refractivity contribution in [3.8, 4) is 6.19 Å². The van der Waals surface area contributed by atoms with Crippen LogP contribution in [-0.2, 0) is 16.0 Å². The number of carbonyl (C=O) groups excluding carboxylic acids is 2. The minimum absolute atomic E-state index is 0.0102. The lowest BCUT2D eigenvalue weighted by Gasteiger charge is -2.22. The maximum atomic E-state index is 13.3. The average Bonchev–Trinajstić information content (AvgIpc) is 3.16. The van der Waals surface area contributed by atoms with E-state index in [1.54, 1.807) is 4.90 Å². The maximum Gasteiger partial charge on any atom is 0.247 e. The van der Waals surface area contributed by atoms with Crippen LogP contribution < -0.4 is 16.0 Å². The van der Waals surface area contributed by atoms with Crippen molar-refractivity contribution in [2.45, 2.75) is 45.6 Å². The molecule has 1 aromatic heterocycles. The zero-order valence-electron chi connectivity index (χ0n) is 21.2. The normalized spacial score (nSPS) is 16.2. The molecule has 1 aliphatic rings. The summed E-state index contributed by atoms with van der Waals surface area (Å²) in [6, 6.07) is 15.0. The van der Waals surface area contributed by atoms with E-state index in [9.17, 15) is 14.9 Å². The Bertz CT molecular complexity index is 1320.